The number of methoxy groups -OCH3 is 1. The lowest BCUT2D eigenvalue weighted by Gasteiger charge is -2.31. The van der Waals surface area contributed by atoms with Gasteiger partial charge in [0.15, 0.2) is 0 Å². The summed E-state index contributed by atoms with van der Waals surface area (Å²) >= 11 is 5.96. The van der Waals surface area contributed by atoms with Crippen LogP contribution in [0.15, 0.2) is 60.9 Å². The molecule has 0 saturated carbocycles. The van der Waals surface area contributed by atoms with E-state index in [4.69, 9.17) is 11.6 Å². The Labute approximate surface area is 184 Å². The van der Waals surface area contributed by atoms with E-state index >= 15 is 0 Å². The second kappa shape index (κ2) is 8.79. The van der Waals surface area contributed by atoms with Crippen LogP contribution in [0.2, 0.25) is 5.02 Å². The van der Waals surface area contributed by atoms with Gasteiger partial charge in [-0.25, -0.2) is 10.2 Å². The Morgan fingerprint density at radius 3 is 2.52 bits per heavy atom. The molecule has 2 aromatic rings. The molecule has 9 heteroatoms. The predicted molar refractivity (Wildman–Crippen MR) is 115 cm³/mol. The van der Waals surface area contributed by atoms with Gasteiger partial charge in [-0.05, 0) is 48.4 Å². The Hall–Kier alpha value is -3.36. The molecule has 2 aliphatic rings. The minimum absolute atomic E-state index is 0.0158. The number of nitrogens with one attached hydrogen (secondary N) is 2. The van der Waals surface area contributed by atoms with Gasteiger partial charge in [0, 0.05) is 23.1 Å². The van der Waals surface area contributed by atoms with Crippen molar-refractivity contribution in [3.05, 3.63) is 77.1 Å². The maximum Gasteiger partial charge on any atom is 0.337 e. The van der Waals surface area contributed by atoms with E-state index in [2.05, 4.69) is 15.5 Å². The fourth-order valence-corrected chi connectivity index (χ4v) is 3.77. The highest BCUT2D eigenvalue weighted by Gasteiger charge is 2.40. The van der Waals surface area contributed by atoms with Crippen LogP contribution < -0.4 is 10.7 Å². The molecule has 2 aliphatic heterocycles. The number of anilines is 1. The molecule has 0 bridgehead atoms. The van der Waals surface area contributed by atoms with Crippen molar-refractivity contribution in [1.29, 1.82) is 0 Å². The van der Waals surface area contributed by atoms with Gasteiger partial charge in [-0.3, -0.25) is 9.59 Å². The summed E-state index contributed by atoms with van der Waals surface area (Å²) in [4.78, 5) is 38.3. The summed E-state index contributed by atoms with van der Waals surface area (Å²) in [5.41, 5.74) is 5.26. The first kappa shape index (κ1) is 20.9. The summed E-state index contributed by atoms with van der Waals surface area (Å²) in [7, 11) is 1.31. The molecular formula is C22H21ClN4O4. The lowest BCUT2D eigenvalue weighted by Crippen LogP contribution is -2.49. The first-order chi connectivity index (χ1) is 14.9. The molecule has 2 aromatic carbocycles. The van der Waals surface area contributed by atoms with Crippen LogP contribution in [0.4, 0.5) is 5.69 Å². The Balaban J connectivity index is 1.36. The van der Waals surface area contributed by atoms with Crippen molar-refractivity contribution >= 4 is 35.1 Å². The van der Waals surface area contributed by atoms with Gasteiger partial charge in [0.25, 0.3) is 5.91 Å². The van der Waals surface area contributed by atoms with E-state index in [0.29, 0.717) is 22.7 Å². The molecular weight excluding hydrogens is 420 g/mol. The number of fused-ring (bicyclic) bond motifs is 1. The average Bonchev–Trinajstić information content (AvgIpc) is 3.21. The highest BCUT2D eigenvalue weighted by atomic mass is 35.5. The second-order valence-corrected chi connectivity index (χ2v) is 7.71. The third-order valence-electron chi connectivity index (χ3n) is 5.25. The van der Waals surface area contributed by atoms with Crippen LogP contribution >= 0.6 is 11.6 Å². The van der Waals surface area contributed by atoms with Crippen molar-refractivity contribution in [1.82, 2.24) is 15.3 Å². The zero-order valence-corrected chi connectivity index (χ0v) is 17.5. The molecule has 2 atom stereocenters. The molecule has 2 amide bonds. The lowest BCUT2D eigenvalue weighted by molar-refractivity contribution is -0.137. The van der Waals surface area contributed by atoms with Crippen LogP contribution in [0.1, 0.15) is 28.4 Å². The van der Waals surface area contributed by atoms with Gasteiger partial charge < -0.3 is 20.0 Å². The summed E-state index contributed by atoms with van der Waals surface area (Å²) in [6.45, 7) is -0.107. The summed E-state index contributed by atoms with van der Waals surface area (Å²) in [6.07, 6.45) is 3.94. The largest absolute Gasteiger partial charge is 0.465 e. The van der Waals surface area contributed by atoms with Crippen molar-refractivity contribution < 1.29 is 19.1 Å². The summed E-state index contributed by atoms with van der Waals surface area (Å²) in [5.74, 6) is -0.936. The molecule has 1 saturated heterocycles. The zero-order valence-electron chi connectivity index (χ0n) is 16.7. The van der Waals surface area contributed by atoms with Crippen LogP contribution in [-0.4, -0.2) is 47.4 Å². The van der Waals surface area contributed by atoms with E-state index in [1.165, 1.54) is 12.0 Å². The SMILES string of the molecule is COC(=O)c1ccc(NC(=O)CN2C=CN3NC(c4ccc(Cl)cc4)CC3C2=O)cc1. The topological polar surface area (TPSA) is 91.0 Å². The number of hydrogen-bond donors (Lipinski definition) is 2. The normalized spacial score (nSPS) is 19.9. The minimum Gasteiger partial charge on any atom is -0.465 e. The smallest absolute Gasteiger partial charge is 0.337 e. The maximum atomic E-state index is 12.9. The van der Waals surface area contributed by atoms with Crippen molar-refractivity contribution in [2.75, 3.05) is 19.0 Å². The van der Waals surface area contributed by atoms with Crippen LogP contribution in [0.5, 0.6) is 0 Å². The molecule has 0 radical (unpaired) electrons. The Morgan fingerprint density at radius 2 is 1.84 bits per heavy atom. The van der Waals surface area contributed by atoms with E-state index in [0.717, 1.165) is 5.56 Å². The first-order valence-corrected chi connectivity index (χ1v) is 10.1. The molecule has 31 heavy (non-hydrogen) atoms. The standard InChI is InChI=1S/C22H21ClN4O4/c1-31-22(30)15-4-8-17(9-5-15)24-20(28)13-26-10-11-27-19(21(26)29)12-18(25-27)14-2-6-16(23)7-3-14/h2-11,18-19,25H,12-13H2,1H3,(H,24,28). The maximum absolute atomic E-state index is 12.9. The van der Waals surface area contributed by atoms with Crippen molar-refractivity contribution in [2.24, 2.45) is 0 Å². The van der Waals surface area contributed by atoms with E-state index in [1.807, 2.05) is 24.3 Å². The number of benzene rings is 2. The number of halogens is 1. The second-order valence-electron chi connectivity index (χ2n) is 7.27. The van der Waals surface area contributed by atoms with Crippen LogP contribution in [0.25, 0.3) is 0 Å². The summed E-state index contributed by atoms with van der Waals surface area (Å²) in [5, 5.41) is 5.17. The molecule has 2 heterocycles. The van der Waals surface area contributed by atoms with E-state index < -0.39 is 12.0 Å². The molecule has 160 valence electrons. The number of esters is 1. The van der Waals surface area contributed by atoms with Crippen LogP contribution in [-0.2, 0) is 14.3 Å². The Kier molecular flexibility index (Phi) is 5.92. The molecule has 2 unspecified atom stereocenters. The van der Waals surface area contributed by atoms with Gasteiger partial charge >= 0.3 is 5.97 Å². The average molecular weight is 441 g/mol. The zero-order chi connectivity index (χ0) is 22.0. The molecule has 1 fully saturated rings. The van der Waals surface area contributed by atoms with Crippen LogP contribution in [0, 0.1) is 0 Å². The van der Waals surface area contributed by atoms with Gasteiger partial charge in [-0.15, -0.1) is 0 Å². The van der Waals surface area contributed by atoms with E-state index in [-0.39, 0.29) is 24.4 Å². The molecule has 0 aromatic heterocycles. The van der Waals surface area contributed by atoms with Crippen molar-refractivity contribution in [2.45, 2.75) is 18.5 Å². The first-order valence-electron chi connectivity index (χ1n) is 9.71. The molecule has 0 aliphatic carbocycles. The number of ether oxygens (including phenoxy) is 1. The van der Waals surface area contributed by atoms with E-state index in [1.54, 1.807) is 41.7 Å². The van der Waals surface area contributed by atoms with E-state index in [9.17, 15) is 14.4 Å². The number of carbonyl (C=O) groups is 3. The van der Waals surface area contributed by atoms with Crippen molar-refractivity contribution in [3.8, 4) is 0 Å². The molecule has 8 nitrogen and oxygen atoms in total. The number of hydrogen-bond acceptors (Lipinski definition) is 6. The fraction of sp³-hybridized carbons (Fsp3) is 0.227. The number of nitrogens with zero attached hydrogens (tertiary/aromatic N) is 2. The monoisotopic (exact) mass is 440 g/mol. The molecule has 4 rings (SSSR count). The predicted octanol–water partition coefficient (Wildman–Crippen LogP) is 2.70. The Bertz CT molecular complexity index is 1020. The quantitative estimate of drug-likeness (QED) is 0.695. The minimum atomic E-state index is -0.450. The highest BCUT2D eigenvalue weighted by Crippen LogP contribution is 2.31. The highest BCUT2D eigenvalue weighted by molar-refractivity contribution is 6.30. The van der Waals surface area contributed by atoms with Gasteiger partial charge in [0.2, 0.25) is 5.91 Å². The third-order valence-corrected chi connectivity index (χ3v) is 5.50. The number of rotatable bonds is 5. The number of hydrazine groups is 1. The lowest BCUT2D eigenvalue weighted by atomic mass is 10.0. The summed E-state index contributed by atoms with van der Waals surface area (Å²) < 4.78 is 4.65. The van der Waals surface area contributed by atoms with Gasteiger partial charge in [0.05, 0.1) is 18.7 Å². The fourth-order valence-electron chi connectivity index (χ4n) is 3.64. The number of amides is 2. The third kappa shape index (κ3) is 4.55. The van der Waals surface area contributed by atoms with Gasteiger partial charge in [-0.2, -0.15) is 0 Å². The summed E-state index contributed by atoms with van der Waals surface area (Å²) in [6, 6.07) is 13.4. The van der Waals surface area contributed by atoms with Crippen LogP contribution in [0.3, 0.4) is 0 Å². The van der Waals surface area contributed by atoms with Crippen molar-refractivity contribution in [3.63, 3.8) is 0 Å². The molecule has 2 N–H and O–H groups in total. The van der Waals surface area contributed by atoms with Gasteiger partial charge in [-0.1, -0.05) is 23.7 Å². The van der Waals surface area contributed by atoms with Gasteiger partial charge in [0.1, 0.15) is 12.6 Å². The Morgan fingerprint density at radius 1 is 1.13 bits per heavy atom. The number of carbonyl (C=O) groups excluding carboxylic acids is 3. The molecule has 0 spiro atoms.